The summed E-state index contributed by atoms with van der Waals surface area (Å²) in [4.78, 5) is 14.1. The highest BCUT2D eigenvalue weighted by molar-refractivity contribution is 5.69. The Kier molecular flexibility index (Phi) is 9.14. The lowest BCUT2D eigenvalue weighted by atomic mass is 10.1. The van der Waals surface area contributed by atoms with Crippen LogP contribution in [0.15, 0.2) is 78.9 Å². The van der Waals surface area contributed by atoms with Gasteiger partial charge in [-0.1, -0.05) is 66.7 Å². The fraction of sp³-hybridized carbons (Fsp3) is 0.296. The lowest BCUT2D eigenvalue weighted by Gasteiger charge is -2.23. The number of esters is 1. The van der Waals surface area contributed by atoms with Gasteiger partial charge in [0.05, 0.1) is 20.1 Å². The van der Waals surface area contributed by atoms with Gasteiger partial charge in [-0.3, -0.25) is 9.69 Å². The molecule has 0 aliphatic carbocycles. The fourth-order valence-electron chi connectivity index (χ4n) is 3.46. The zero-order chi connectivity index (χ0) is 22.6. The van der Waals surface area contributed by atoms with Crippen LogP contribution >= 0.6 is 0 Å². The Hall–Kier alpha value is -3.31. The molecule has 0 amide bonds. The Morgan fingerprint density at radius 2 is 1.47 bits per heavy atom. The average Bonchev–Trinajstić information content (AvgIpc) is 2.83. The Bertz CT molecular complexity index is 960. The second-order valence-corrected chi connectivity index (χ2v) is 7.51. The molecule has 0 aliphatic heterocycles. The van der Waals surface area contributed by atoms with Crippen molar-refractivity contribution in [3.8, 4) is 11.5 Å². The molecule has 0 N–H and O–H groups in total. The highest BCUT2D eigenvalue weighted by Gasteiger charge is 2.13. The maximum atomic E-state index is 11.9. The molecule has 0 unspecified atom stereocenters. The van der Waals surface area contributed by atoms with Crippen LogP contribution in [0, 0.1) is 0 Å². The largest absolute Gasteiger partial charge is 0.493 e. The Morgan fingerprint density at radius 1 is 0.812 bits per heavy atom. The van der Waals surface area contributed by atoms with E-state index in [1.54, 1.807) is 7.11 Å². The predicted octanol–water partition coefficient (Wildman–Crippen LogP) is 5.23. The molecule has 0 aromatic heterocycles. The third kappa shape index (κ3) is 7.43. The van der Waals surface area contributed by atoms with Gasteiger partial charge >= 0.3 is 5.97 Å². The van der Waals surface area contributed by atoms with E-state index >= 15 is 0 Å². The molecule has 0 bridgehead atoms. The number of hydrogen-bond acceptors (Lipinski definition) is 5. The van der Waals surface area contributed by atoms with Crippen LogP contribution in [0.1, 0.15) is 30.0 Å². The van der Waals surface area contributed by atoms with Crippen molar-refractivity contribution in [3.63, 3.8) is 0 Å². The zero-order valence-corrected chi connectivity index (χ0v) is 18.8. The van der Waals surface area contributed by atoms with Crippen LogP contribution in [-0.2, 0) is 29.2 Å². The number of carbonyl (C=O) groups is 1. The molecule has 0 radical (unpaired) electrons. The van der Waals surface area contributed by atoms with Gasteiger partial charge in [0.2, 0.25) is 0 Å². The average molecular weight is 434 g/mol. The number of ether oxygens (including phenoxy) is 3. The van der Waals surface area contributed by atoms with Crippen LogP contribution in [0.4, 0.5) is 0 Å². The summed E-state index contributed by atoms with van der Waals surface area (Å²) in [6, 6.07) is 26.3. The van der Waals surface area contributed by atoms with Crippen LogP contribution in [0.5, 0.6) is 11.5 Å². The van der Waals surface area contributed by atoms with E-state index in [0.29, 0.717) is 44.2 Å². The fourth-order valence-corrected chi connectivity index (χ4v) is 3.46. The third-order valence-electron chi connectivity index (χ3n) is 5.06. The van der Waals surface area contributed by atoms with Gasteiger partial charge in [0.25, 0.3) is 0 Å². The Morgan fingerprint density at radius 3 is 2.12 bits per heavy atom. The quantitative estimate of drug-likeness (QED) is 0.366. The van der Waals surface area contributed by atoms with Gasteiger partial charge in [-0.25, -0.2) is 0 Å². The van der Waals surface area contributed by atoms with E-state index < -0.39 is 0 Å². The molecular weight excluding hydrogens is 402 g/mol. The molecule has 0 aliphatic rings. The van der Waals surface area contributed by atoms with Gasteiger partial charge in [0.15, 0.2) is 11.5 Å². The first-order valence-corrected chi connectivity index (χ1v) is 10.9. The molecule has 3 aromatic rings. The summed E-state index contributed by atoms with van der Waals surface area (Å²) in [6.45, 7) is 4.75. The van der Waals surface area contributed by atoms with E-state index in [-0.39, 0.29) is 5.97 Å². The SMILES string of the molecule is CCOC(=O)CCN(Cc1ccccc1)Cc1ccc(OCc2ccccc2)c(OC)c1. The van der Waals surface area contributed by atoms with Crippen molar-refractivity contribution in [3.05, 3.63) is 95.6 Å². The van der Waals surface area contributed by atoms with Crippen LogP contribution < -0.4 is 9.47 Å². The van der Waals surface area contributed by atoms with Crippen molar-refractivity contribution in [2.75, 3.05) is 20.3 Å². The smallest absolute Gasteiger partial charge is 0.307 e. The summed E-state index contributed by atoms with van der Waals surface area (Å²) in [6.07, 6.45) is 0.357. The molecule has 168 valence electrons. The van der Waals surface area contributed by atoms with Crippen molar-refractivity contribution in [2.45, 2.75) is 33.0 Å². The van der Waals surface area contributed by atoms with Crippen LogP contribution in [0.2, 0.25) is 0 Å². The molecule has 0 fully saturated rings. The molecule has 0 spiro atoms. The summed E-state index contributed by atoms with van der Waals surface area (Å²) >= 11 is 0. The number of rotatable bonds is 12. The third-order valence-corrected chi connectivity index (χ3v) is 5.06. The lowest BCUT2D eigenvalue weighted by Crippen LogP contribution is -2.26. The second-order valence-electron chi connectivity index (χ2n) is 7.51. The molecule has 0 heterocycles. The number of nitrogens with zero attached hydrogens (tertiary/aromatic N) is 1. The summed E-state index contributed by atoms with van der Waals surface area (Å²) in [5, 5.41) is 0. The number of hydrogen-bond donors (Lipinski definition) is 0. The topological polar surface area (TPSA) is 48.0 Å². The molecule has 3 aromatic carbocycles. The summed E-state index contributed by atoms with van der Waals surface area (Å²) in [5.74, 6) is 1.23. The van der Waals surface area contributed by atoms with Crippen molar-refractivity contribution >= 4 is 5.97 Å². The van der Waals surface area contributed by atoms with Gasteiger partial charge in [-0.2, -0.15) is 0 Å². The van der Waals surface area contributed by atoms with E-state index in [4.69, 9.17) is 14.2 Å². The predicted molar refractivity (Wildman–Crippen MR) is 126 cm³/mol. The Labute approximate surface area is 190 Å². The highest BCUT2D eigenvalue weighted by atomic mass is 16.5. The van der Waals surface area contributed by atoms with Crippen molar-refractivity contribution in [1.29, 1.82) is 0 Å². The molecule has 5 heteroatoms. The monoisotopic (exact) mass is 433 g/mol. The molecule has 0 saturated heterocycles. The van der Waals surface area contributed by atoms with Crippen molar-refractivity contribution in [2.24, 2.45) is 0 Å². The summed E-state index contributed by atoms with van der Waals surface area (Å²) < 4.78 is 16.7. The van der Waals surface area contributed by atoms with Gasteiger partial charge in [-0.15, -0.1) is 0 Å². The van der Waals surface area contributed by atoms with E-state index in [9.17, 15) is 4.79 Å². The standard InChI is InChI=1S/C27H31NO4/c1-3-31-27(29)16-17-28(19-22-10-6-4-7-11-22)20-24-14-15-25(26(18-24)30-2)32-21-23-12-8-5-9-13-23/h4-15,18H,3,16-17,19-21H2,1-2H3. The summed E-state index contributed by atoms with van der Waals surface area (Å²) in [5.41, 5.74) is 3.39. The number of benzene rings is 3. The van der Waals surface area contributed by atoms with Gasteiger partial charge < -0.3 is 14.2 Å². The second kappa shape index (κ2) is 12.5. The minimum atomic E-state index is -0.173. The Balaban J connectivity index is 1.68. The van der Waals surface area contributed by atoms with Crippen molar-refractivity contribution < 1.29 is 19.0 Å². The van der Waals surface area contributed by atoms with Crippen molar-refractivity contribution in [1.82, 2.24) is 4.90 Å². The van der Waals surface area contributed by atoms with Crippen LogP contribution in [0.25, 0.3) is 0 Å². The maximum absolute atomic E-state index is 11.9. The zero-order valence-electron chi connectivity index (χ0n) is 18.8. The normalized spacial score (nSPS) is 10.7. The molecule has 3 rings (SSSR count). The van der Waals surface area contributed by atoms with Gasteiger partial charge in [-0.05, 0) is 35.7 Å². The number of carbonyl (C=O) groups excluding carboxylic acids is 1. The number of methoxy groups -OCH3 is 1. The highest BCUT2D eigenvalue weighted by Crippen LogP contribution is 2.29. The van der Waals surface area contributed by atoms with E-state index in [1.165, 1.54) is 5.56 Å². The first-order chi connectivity index (χ1) is 15.7. The van der Waals surface area contributed by atoms with Crippen LogP contribution in [0.3, 0.4) is 0 Å². The minimum Gasteiger partial charge on any atom is -0.493 e. The minimum absolute atomic E-state index is 0.173. The first-order valence-electron chi connectivity index (χ1n) is 10.9. The first kappa shape index (κ1) is 23.4. The van der Waals surface area contributed by atoms with Gasteiger partial charge in [0.1, 0.15) is 6.61 Å². The molecule has 0 atom stereocenters. The maximum Gasteiger partial charge on any atom is 0.307 e. The van der Waals surface area contributed by atoms with E-state index in [1.807, 2.05) is 73.7 Å². The summed E-state index contributed by atoms with van der Waals surface area (Å²) in [7, 11) is 1.65. The molecule has 0 saturated carbocycles. The molecule has 5 nitrogen and oxygen atoms in total. The molecule has 32 heavy (non-hydrogen) atoms. The lowest BCUT2D eigenvalue weighted by molar-refractivity contribution is -0.143. The molecular formula is C27H31NO4. The van der Waals surface area contributed by atoms with E-state index in [0.717, 1.165) is 17.7 Å². The van der Waals surface area contributed by atoms with Crippen LogP contribution in [-0.4, -0.2) is 31.1 Å². The van der Waals surface area contributed by atoms with E-state index in [2.05, 4.69) is 17.0 Å². The van der Waals surface area contributed by atoms with Gasteiger partial charge in [0, 0.05) is 19.6 Å².